The number of para-hydroxylation sites is 1. The highest BCUT2D eigenvalue weighted by atomic mass is 16.2. The molecule has 4 rings (SSSR count). The molecule has 0 aliphatic heterocycles. The molecule has 156 valence electrons. The van der Waals surface area contributed by atoms with E-state index in [9.17, 15) is 14.4 Å². The fourth-order valence-corrected chi connectivity index (χ4v) is 3.69. The minimum atomic E-state index is -0.959. The van der Waals surface area contributed by atoms with Crippen LogP contribution in [-0.4, -0.2) is 22.0 Å². The number of aromatic amines is 1. The van der Waals surface area contributed by atoms with Crippen LogP contribution in [0.2, 0.25) is 0 Å². The Bertz CT molecular complexity index is 1290. The Labute approximate surface area is 179 Å². The van der Waals surface area contributed by atoms with Crippen molar-refractivity contribution in [2.24, 2.45) is 0 Å². The van der Waals surface area contributed by atoms with Gasteiger partial charge in [0.15, 0.2) is 0 Å². The maximum absolute atomic E-state index is 13.2. The van der Waals surface area contributed by atoms with Crippen molar-refractivity contribution in [3.63, 3.8) is 0 Å². The molecule has 0 fully saturated rings. The highest BCUT2D eigenvalue weighted by molar-refractivity contribution is 5.82. The fourth-order valence-electron chi connectivity index (χ4n) is 3.69. The highest BCUT2D eigenvalue weighted by Gasteiger charge is 2.25. The van der Waals surface area contributed by atoms with Gasteiger partial charge in [-0.25, -0.2) is 9.36 Å². The molecular formula is C25H23N3O3. The van der Waals surface area contributed by atoms with Crippen LogP contribution in [0.25, 0.3) is 10.9 Å². The molecule has 0 spiro atoms. The molecule has 4 aromatic rings. The van der Waals surface area contributed by atoms with E-state index >= 15 is 0 Å². The molecule has 2 N–H and O–H groups in total. The number of hydrogen-bond donors (Lipinski definition) is 2. The van der Waals surface area contributed by atoms with Gasteiger partial charge < -0.3 is 10.3 Å². The van der Waals surface area contributed by atoms with E-state index in [1.54, 1.807) is 24.3 Å². The molecule has 6 nitrogen and oxygen atoms in total. The maximum Gasteiger partial charge on any atom is 0.329 e. The summed E-state index contributed by atoms with van der Waals surface area (Å²) in [4.78, 5) is 41.8. The largest absolute Gasteiger partial charge is 0.354 e. The number of benzene rings is 3. The van der Waals surface area contributed by atoms with Gasteiger partial charge in [0.05, 0.1) is 10.9 Å². The lowest BCUT2D eigenvalue weighted by atomic mass is 10.0. The van der Waals surface area contributed by atoms with Crippen LogP contribution >= 0.6 is 0 Å². The van der Waals surface area contributed by atoms with E-state index in [1.807, 2.05) is 60.7 Å². The molecule has 6 heteroatoms. The number of hydrogen-bond acceptors (Lipinski definition) is 3. The van der Waals surface area contributed by atoms with E-state index in [4.69, 9.17) is 0 Å². The summed E-state index contributed by atoms with van der Waals surface area (Å²) in [5.74, 6) is -0.359. The van der Waals surface area contributed by atoms with Gasteiger partial charge in [0, 0.05) is 13.0 Å². The zero-order chi connectivity index (χ0) is 21.6. The molecule has 3 aromatic carbocycles. The second-order valence-electron chi connectivity index (χ2n) is 7.38. The third-order valence-electron chi connectivity index (χ3n) is 5.28. The number of fused-ring (bicyclic) bond motifs is 1. The quantitative estimate of drug-likeness (QED) is 0.489. The Morgan fingerprint density at radius 2 is 1.45 bits per heavy atom. The van der Waals surface area contributed by atoms with Gasteiger partial charge in [0.2, 0.25) is 5.91 Å². The molecule has 0 bridgehead atoms. The van der Waals surface area contributed by atoms with Crippen LogP contribution in [-0.2, 0) is 17.6 Å². The molecule has 31 heavy (non-hydrogen) atoms. The first-order valence-corrected chi connectivity index (χ1v) is 10.2. The number of rotatable bonds is 7. The molecule has 0 unspecified atom stereocenters. The van der Waals surface area contributed by atoms with Crippen LogP contribution < -0.4 is 16.6 Å². The summed E-state index contributed by atoms with van der Waals surface area (Å²) in [6.07, 6.45) is 0.896. The van der Waals surface area contributed by atoms with E-state index < -0.39 is 17.3 Å². The van der Waals surface area contributed by atoms with Crippen molar-refractivity contribution in [3.8, 4) is 0 Å². The van der Waals surface area contributed by atoms with Crippen LogP contribution in [0.3, 0.4) is 0 Å². The van der Waals surface area contributed by atoms with Gasteiger partial charge >= 0.3 is 5.69 Å². The molecule has 1 aromatic heterocycles. The molecule has 0 aliphatic carbocycles. The Morgan fingerprint density at radius 3 is 2.16 bits per heavy atom. The normalized spacial score (nSPS) is 11.9. The first-order valence-electron chi connectivity index (χ1n) is 10.2. The zero-order valence-electron chi connectivity index (χ0n) is 17.0. The zero-order valence-corrected chi connectivity index (χ0v) is 17.0. The predicted molar refractivity (Wildman–Crippen MR) is 121 cm³/mol. The SMILES string of the molecule is O=C(NCCc1ccccc1)[C@@H](Cc1ccccc1)n1c(=O)[nH]c2ccccc2c1=O. The Hall–Kier alpha value is -3.93. The summed E-state index contributed by atoms with van der Waals surface area (Å²) >= 11 is 0. The molecule has 0 radical (unpaired) electrons. The Balaban J connectivity index is 1.66. The van der Waals surface area contributed by atoms with Gasteiger partial charge in [0.25, 0.3) is 5.56 Å². The van der Waals surface area contributed by atoms with Crippen molar-refractivity contribution in [1.82, 2.24) is 14.9 Å². The van der Waals surface area contributed by atoms with E-state index in [2.05, 4.69) is 10.3 Å². The molecular weight excluding hydrogens is 390 g/mol. The standard InChI is InChI=1S/C25H23N3O3/c29-23(26-16-15-18-9-3-1-4-10-18)22(17-19-11-5-2-6-12-19)28-24(30)20-13-7-8-14-21(20)27-25(28)31/h1-14,22H,15-17H2,(H,26,29)(H,27,31)/t22-/m1/s1. The summed E-state index contributed by atoms with van der Waals surface area (Å²) in [5, 5.41) is 3.27. The number of amides is 1. The summed E-state index contributed by atoms with van der Waals surface area (Å²) < 4.78 is 1.03. The van der Waals surface area contributed by atoms with E-state index in [1.165, 1.54) is 0 Å². The van der Waals surface area contributed by atoms with Gasteiger partial charge in [-0.3, -0.25) is 9.59 Å². The van der Waals surface area contributed by atoms with Gasteiger partial charge in [0.1, 0.15) is 6.04 Å². The number of H-pyrrole nitrogens is 1. The monoisotopic (exact) mass is 413 g/mol. The topological polar surface area (TPSA) is 84.0 Å². The van der Waals surface area contributed by atoms with Gasteiger partial charge in [-0.1, -0.05) is 72.8 Å². The minimum absolute atomic E-state index is 0.235. The fraction of sp³-hybridized carbons (Fsp3) is 0.160. The predicted octanol–water partition coefficient (Wildman–Crippen LogP) is 2.83. The molecule has 1 amide bonds. The molecule has 1 heterocycles. The van der Waals surface area contributed by atoms with Crippen molar-refractivity contribution < 1.29 is 4.79 Å². The summed E-state index contributed by atoms with van der Waals surface area (Å²) in [6, 6.07) is 25.0. The average Bonchev–Trinajstić information content (AvgIpc) is 2.80. The number of carbonyl (C=O) groups is 1. The van der Waals surface area contributed by atoms with E-state index in [0.717, 1.165) is 15.7 Å². The molecule has 0 saturated heterocycles. The van der Waals surface area contributed by atoms with Crippen LogP contribution in [0.15, 0.2) is 94.5 Å². The van der Waals surface area contributed by atoms with Gasteiger partial charge in [-0.05, 0) is 29.7 Å². The molecule has 0 aliphatic rings. The molecule has 0 saturated carbocycles. The smallest absolute Gasteiger partial charge is 0.329 e. The summed E-state index contributed by atoms with van der Waals surface area (Å²) in [6.45, 7) is 0.411. The Morgan fingerprint density at radius 1 is 0.839 bits per heavy atom. The number of nitrogens with zero attached hydrogens (tertiary/aromatic N) is 1. The summed E-state index contributed by atoms with van der Waals surface area (Å²) in [7, 11) is 0. The minimum Gasteiger partial charge on any atom is -0.354 e. The lowest BCUT2D eigenvalue weighted by Crippen LogP contribution is -2.45. The van der Waals surface area contributed by atoms with Gasteiger partial charge in [-0.2, -0.15) is 0 Å². The van der Waals surface area contributed by atoms with Crippen molar-refractivity contribution >= 4 is 16.8 Å². The van der Waals surface area contributed by atoms with E-state index in [-0.39, 0.29) is 12.3 Å². The second kappa shape index (κ2) is 9.26. The van der Waals surface area contributed by atoms with Crippen molar-refractivity contribution in [2.75, 3.05) is 6.54 Å². The van der Waals surface area contributed by atoms with Crippen LogP contribution in [0.4, 0.5) is 0 Å². The van der Waals surface area contributed by atoms with Crippen molar-refractivity contribution in [2.45, 2.75) is 18.9 Å². The van der Waals surface area contributed by atoms with Crippen LogP contribution in [0.1, 0.15) is 17.2 Å². The van der Waals surface area contributed by atoms with Crippen LogP contribution in [0, 0.1) is 0 Å². The van der Waals surface area contributed by atoms with Crippen molar-refractivity contribution in [3.05, 3.63) is 117 Å². The third kappa shape index (κ3) is 4.64. The summed E-state index contributed by atoms with van der Waals surface area (Å²) in [5.41, 5.74) is 1.35. The number of aromatic nitrogens is 2. The van der Waals surface area contributed by atoms with Crippen LogP contribution in [0.5, 0.6) is 0 Å². The number of nitrogens with one attached hydrogen (secondary N) is 2. The lowest BCUT2D eigenvalue weighted by Gasteiger charge is -2.19. The second-order valence-corrected chi connectivity index (χ2v) is 7.38. The third-order valence-corrected chi connectivity index (χ3v) is 5.28. The first-order chi connectivity index (χ1) is 15.1. The highest BCUT2D eigenvalue weighted by Crippen LogP contribution is 2.13. The van der Waals surface area contributed by atoms with Crippen molar-refractivity contribution in [1.29, 1.82) is 0 Å². The maximum atomic E-state index is 13.2. The molecule has 1 atom stereocenters. The van der Waals surface area contributed by atoms with E-state index in [0.29, 0.717) is 23.9 Å². The first kappa shape index (κ1) is 20.3. The Kier molecular flexibility index (Phi) is 6.08. The average molecular weight is 413 g/mol. The van der Waals surface area contributed by atoms with Gasteiger partial charge in [-0.15, -0.1) is 0 Å². The lowest BCUT2D eigenvalue weighted by molar-refractivity contribution is -0.124. The number of carbonyl (C=O) groups excluding carboxylic acids is 1.